The highest BCUT2D eigenvalue weighted by molar-refractivity contribution is 6.34. The van der Waals surface area contributed by atoms with Crippen molar-refractivity contribution in [1.82, 2.24) is 0 Å². The largest absolute Gasteiger partial charge is 0.495 e. The molecule has 0 bridgehead atoms. The highest BCUT2D eigenvalue weighted by Crippen LogP contribution is 2.29. The summed E-state index contributed by atoms with van der Waals surface area (Å²) < 4.78 is 5.18. The first kappa shape index (κ1) is 14.9. The van der Waals surface area contributed by atoms with Gasteiger partial charge in [-0.05, 0) is 36.8 Å². The van der Waals surface area contributed by atoms with Crippen LogP contribution in [0.5, 0.6) is 5.75 Å². The Morgan fingerprint density at radius 1 is 1.33 bits per heavy atom. The predicted molar refractivity (Wildman–Crippen MR) is 81.9 cm³/mol. The number of nitrogens with zero attached hydrogens (tertiary/aromatic N) is 1. The molecule has 2 rings (SSSR count). The summed E-state index contributed by atoms with van der Waals surface area (Å²) in [5.41, 5.74) is 1.97. The highest BCUT2D eigenvalue weighted by Gasteiger charge is 2.15. The van der Waals surface area contributed by atoms with Crippen molar-refractivity contribution >= 4 is 23.2 Å². The van der Waals surface area contributed by atoms with E-state index in [1.54, 1.807) is 36.4 Å². The minimum Gasteiger partial charge on any atom is -0.495 e. The van der Waals surface area contributed by atoms with Crippen LogP contribution in [0.2, 0.25) is 5.02 Å². The lowest BCUT2D eigenvalue weighted by molar-refractivity contribution is 0.102. The molecule has 1 amide bonds. The lowest BCUT2D eigenvalue weighted by atomic mass is 10.1. The quantitative estimate of drug-likeness (QED) is 0.938. The molecule has 0 aliphatic heterocycles. The normalized spacial score (nSPS) is 9.81. The van der Waals surface area contributed by atoms with Crippen molar-refractivity contribution in [1.29, 1.82) is 5.26 Å². The van der Waals surface area contributed by atoms with Crippen molar-refractivity contribution in [2.24, 2.45) is 0 Å². The molecule has 0 atom stereocenters. The molecule has 4 nitrogen and oxygen atoms in total. The molecule has 0 aliphatic carbocycles. The zero-order chi connectivity index (χ0) is 15.4. The molecule has 0 spiro atoms. The van der Waals surface area contributed by atoms with Gasteiger partial charge in [-0.2, -0.15) is 5.26 Å². The van der Waals surface area contributed by atoms with Gasteiger partial charge in [0.25, 0.3) is 5.91 Å². The van der Waals surface area contributed by atoms with Crippen LogP contribution in [0.4, 0.5) is 5.69 Å². The van der Waals surface area contributed by atoms with Crippen LogP contribution in [0.1, 0.15) is 21.5 Å². The molecule has 0 saturated carbocycles. The Balaban J connectivity index is 2.38. The van der Waals surface area contributed by atoms with E-state index in [2.05, 4.69) is 5.32 Å². The van der Waals surface area contributed by atoms with Gasteiger partial charge in [0.15, 0.2) is 0 Å². The fraction of sp³-hybridized carbons (Fsp3) is 0.125. The average molecular weight is 301 g/mol. The first-order chi connectivity index (χ1) is 10.1. The molecular weight excluding hydrogens is 288 g/mol. The number of nitriles is 1. The van der Waals surface area contributed by atoms with Gasteiger partial charge in [0.1, 0.15) is 17.5 Å². The standard InChI is InChI=1S/C16H13ClN2O2/c1-10-6-7-12(13(17)8-10)16(20)19-15-11(9-18)4-3-5-14(15)21-2/h3-8H,1-2H3,(H,19,20). The molecular formula is C16H13ClN2O2. The Morgan fingerprint density at radius 2 is 2.10 bits per heavy atom. The number of nitrogens with one attached hydrogen (secondary N) is 1. The maximum absolute atomic E-state index is 12.3. The smallest absolute Gasteiger partial charge is 0.257 e. The monoisotopic (exact) mass is 300 g/mol. The minimum absolute atomic E-state index is 0.325. The maximum Gasteiger partial charge on any atom is 0.257 e. The molecule has 0 unspecified atom stereocenters. The van der Waals surface area contributed by atoms with Crippen LogP contribution in [0.15, 0.2) is 36.4 Å². The van der Waals surface area contributed by atoms with Crippen LogP contribution in [-0.2, 0) is 0 Å². The predicted octanol–water partition coefficient (Wildman–Crippen LogP) is 3.78. The Bertz CT molecular complexity index is 736. The summed E-state index contributed by atoms with van der Waals surface area (Å²) in [6.07, 6.45) is 0. The summed E-state index contributed by atoms with van der Waals surface area (Å²) in [6.45, 7) is 1.89. The Morgan fingerprint density at radius 3 is 2.71 bits per heavy atom. The van der Waals surface area contributed by atoms with E-state index in [9.17, 15) is 4.79 Å². The van der Waals surface area contributed by atoms with Crippen LogP contribution in [0, 0.1) is 18.3 Å². The SMILES string of the molecule is COc1cccc(C#N)c1NC(=O)c1ccc(C)cc1Cl. The summed E-state index contributed by atoms with van der Waals surface area (Å²) in [4.78, 5) is 12.3. The van der Waals surface area contributed by atoms with Gasteiger partial charge in [-0.3, -0.25) is 4.79 Å². The third kappa shape index (κ3) is 3.15. The van der Waals surface area contributed by atoms with E-state index in [-0.39, 0.29) is 5.91 Å². The molecule has 2 aromatic rings. The van der Waals surface area contributed by atoms with Crippen molar-refractivity contribution in [3.05, 3.63) is 58.1 Å². The van der Waals surface area contributed by atoms with Crippen molar-refractivity contribution in [2.75, 3.05) is 12.4 Å². The summed E-state index contributed by atoms with van der Waals surface area (Å²) in [6, 6.07) is 12.1. The number of halogens is 1. The first-order valence-corrected chi connectivity index (χ1v) is 6.59. The van der Waals surface area contributed by atoms with Gasteiger partial charge in [0.05, 0.1) is 23.3 Å². The number of anilines is 1. The second-order valence-corrected chi connectivity index (χ2v) is 4.84. The van der Waals surface area contributed by atoms with Crippen LogP contribution in [-0.4, -0.2) is 13.0 Å². The van der Waals surface area contributed by atoms with Crippen molar-refractivity contribution < 1.29 is 9.53 Å². The molecule has 0 radical (unpaired) electrons. The fourth-order valence-electron chi connectivity index (χ4n) is 1.91. The Kier molecular flexibility index (Phi) is 4.46. The van der Waals surface area contributed by atoms with Crippen LogP contribution >= 0.6 is 11.6 Å². The van der Waals surface area contributed by atoms with Gasteiger partial charge in [0, 0.05) is 0 Å². The van der Waals surface area contributed by atoms with E-state index in [1.165, 1.54) is 7.11 Å². The van der Waals surface area contributed by atoms with Crippen LogP contribution in [0.3, 0.4) is 0 Å². The van der Waals surface area contributed by atoms with Crippen LogP contribution < -0.4 is 10.1 Å². The third-order valence-corrected chi connectivity index (χ3v) is 3.29. The molecule has 106 valence electrons. The molecule has 1 N–H and O–H groups in total. The van der Waals surface area contributed by atoms with Gasteiger partial charge in [-0.15, -0.1) is 0 Å². The third-order valence-electron chi connectivity index (χ3n) is 2.97. The summed E-state index contributed by atoms with van der Waals surface area (Å²) in [7, 11) is 1.48. The number of benzene rings is 2. The number of rotatable bonds is 3. The van der Waals surface area contributed by atoms with E-state index in [0.717, 1.165) is 5.56 Å². The number of para-hydroxylation sites is 1. The molecule has 5 heteroatoms. The molecule has 0 fully saturated rings. The Hall–Kier alpha value is -2.51. The van der Waals surface area contributed by atoms with E-state index in [4.69, 9.17) is 21.6 Å². The maximum atomic E-state index is 12.3. The van der Waals surface area contributed by atoms with Crippen molar-refractivity contribution in [3.8, 4) is 11.8 Å². The van der Waals surface area contributed by atoms with Gasteiger partial charge in [0.2, 0.25) is 0 Å². The van der Waals surface area contributed by atoms with E-state index < -0.39 is 0 Å². The van der Waals surface area contributed by atoms with E-state index >= 15 is 0 Å². The lowest BCUT2D eigenvalue weighted by Gasteiger charge is -2.12. The molecule has 21 heavy (non-hydrogen) atoms. The summed E-state index contributed by atoms with van der Waals surface area (Å²) in [5, 5.41) is 12.2. The van der Waals surface area contributed by atoms with Gasteiger partial charge < -0.3 is 10.1 Å². The van der Waals surface area contributed by atoms with E-state index in [0.29, 0.717) is 27.6 Å². The lowest BCUT2D eigenvalue weighted by Crippen LogP contribution is -2.14. The number of hydrogen-bond acceptors (Lipinski definition) is 3. The highest BCUT2D eigenvalue weighted by atomic mass is 35.5. The second kappa shape index (κ2) is 6.29. The van der Waals surface area contributed by atoms with Gasteiger partial charge >= 0.3 is 0 Å². The van der Waals surface area contributed by atoms with Gasteiger partial charge in [-0.25, -0.2) is 0 Å². The number of methoxy groups -OCH3 is 1. The zero-order valence-corrected chi connectivity index (χ0v) is 12.4. The topological polar surface area (TPSA) is 62.1 Å². The molecule has 0 aliphatic rings. The second-order valence-electron chi connectivity index (χ2n) is 4.43. The number of ether oxygens (including phenoxy) is 1. The molecule has 0 aromatic heterocycles. The van der Waals surface area contributed by atoms with Crippen LogP contribution in [0.25, 0.3) is 0 Å². The Labute approximate surface area is 127 Å². The van der Waals surface area contributed by atoms with Crippen molar-refractivity contribution in [3.63, 3.8) is 0 Å². The number of carbonyl (C=O) groups excluding carboxylic acids is 1. The molecule has 0 heterocycles. The minimum atomic E-state index is -0.388. The number of amides is 1. The average Bonchev–Trinajstić information content (AvgIpc) is 2.47. The van der Waals surface area contributed by atoms with E-state index in [1.807, 2.05) is 13.0 Å². The van der Waals surface area contributed by atoms with Crippen molar-refractivity contribution in [2.45, 2.75) is 6.92 Å². The summed E-state index contributed by atoms with van der Waals surface area (Å²) >= 11 is 6.08. The van der Waals surface area contributed by atoms with Gasteiger partial charge in [-0.1, -0.05) is 23.7 Å². The first-order valence-electron chi connectivity index (χ1n) is 6.21. The fourth-order valence-corrected chi connectivity index (χ4v) is 2.23. The number of aryl methyl sites for hydroxylation is 1. The summed E-state index contributed by atoms with van der Waals surface area (Å²) in [5.74, 6) is 0.0339. The number of carbonyl (C=O) groups is 1. The molecule has 2 aromatic carbocycles. The number of hydrogen-bond donors (Lipinski definition) is 1. The zero-order valence-electron chi connectivity index (χ0n) is 11.6. The molecule has 0 saturated heterocycles.